The van der Waals surface area contributed by atoms with Crippen molar-refractivity contribution in [2.45, 2.75) is 37.5 Å². The van der Waals surface area contributed by atoms with Crippen LogP contribution in [0.5, 0.6) is 0 Å². The number of hydrogen-bond acceptors (Lipinski definition) is 8. The molecular weight excluding hydrogens is 670 g/mol. The number of nitrogens with zero attached hydrogens (tertiary/aromatic N) is 2. The van der Waals surface area contributed by atoms with Crippen molar-refractivity contribution in [1.82, 2.24) is 4.90 Å². The van der Waals surface area contributed by atoms with Crippen molar-refractivity contribution in [3.8, 4) is 0 Å². The Balaban J connectivity index is 1.53. The molecule has 0 radical (unpaired) electrons. The number of nitrogens with one attached hydrogen (secondary N) is 1. The third kappa shape index (κ3) is 4.78. The third-order valence-corrected chi connectivity index (χ3v) is 9.28. The maximum atomic E-state index is 15.2. The Morgan fingerprint density at radius 1 is 1.07 bits per heavy atom. The fourth-order valence-corrected chi connectivity index (χ4v) is 7.64. The van der Waals surface area contributed by atoms with Gasteiger partial charge in [-0.05, 0) is 37.3 Å². The van der Waals surface area contributed by atoms with Crippen LogP contribution in [0.3, 0.4) is 0 Å². The minimum atomic E-state index is -3.33. The molecule has 2 amide bonds. The molecule has 10 nitrogen and oxygen atoms in total. The van der Waals surface area contributed by atoms with Crippen molar-refractivity contribution in [1.29, 1.82) is 0 Å². The SMILES string of the molecule is Cc1oc(=O)oc1COC(=O)[C@@H]1[C@H](C(=O)N(C)c2cc(Cl)cc(Cl)c2)C2CC(F)(F)CN2[C@@]12C(=O)Nc1c(Cl)cc(Cl)cc12. The molecule has 2 fully saturated rings. The van der Waals surface area contributed by atoms with Gasteiger partial charge in [-0.25, -0.2) is 13.6 Å². The average molecular weight is 691 g/mol. The predicted octanol–water partition coefficient (Wildman–Crippen LogP) is 5.66. The molecule has 3 aromatic rings. The summed E-state index contributed by atoms with van der Waals surface area (Å²) in [7, 11) is 1.37. The van der Waals surface area contributed by atoms with E-state index in [9.17, 15) is 19.2 Å². The fraction of sp³-hybridized carbons (Fsp3) is 0.357. The summed E-state index contributed by atoms with van der Waals surface area (Å²) in [6.45, 7) is -0.148. The summed E-state index contributed by atoms with van der Waals surface area (Å²) in [6, 6.07) is 5.70. The van der Waals surface area contributed by atoms with Crippen molar-refractivity contribution in [2.24, 2.45) is 11.8 Å². The highest BCUT2D eigenvalue weighted by atomic mass is 35.5. The minimum Gasteiger partial charge on any atom is -0.457 e. The number of hydrogen-bond donors (Lipinski definition) is 1. The Labute approximate surface area is 267 Å². The Morgan fingerprint density at radius 2 is 1.73 bits per heavy atom. The molecule has 0 bridgehead atoms. The number of rotatable bonds is 5. The van der Waals surface area contributed by atoms with Crippen LogP contribution >= 0.6 is 46.4 Å². The molecule has 1 spiro atoms. The number of amides is 2. The van der Waals surface area contributed by atoms with Crippen LogP contribution in [0.2, 0.25) is 20.1 Å². The van der Waals surface area contributed by atoms with Gasteiger partial charge in [0.05, 0.1) is 23.2 Å². The van der Waals surface area contributed by atoms with Gasteiger partial charge in [0.15, 0.2) is 18.1 Å². The van der Waals surface area contributed by atoms with Crippen molar-refractivity contribution in [3.63, 3.8) is 0 Å². The standard InChI is InChI=1S/C28H21Cl4F2N3O7/c1-11-19(44-26(41)43-11)9-42-24(39)21-20(23(38)36(2)15-4-12(29)3-13(30)5-15)18-8-27(33,34)10-37(18)28(21)16-6-14(31)7-17(32)22(16)35-25(28)40/h3-7,18,20-21H,8-10H2,1-2H3,(H,35,40)/t18?,20-,21+,28-/m1/s1. The van der Waals surface area contributed by atoms with Crippen molar-refractivity contribution >= 4 is 75.6 Å². The Kier molecular flexibility index (Phi) is 7.52. The molecule has 16 heteroatoms. The number of ether oxygens (including phenoxy) is 1. The van der Waals surface area contributed by atoms with Gasteiger partial charge in [-0.2, -0.15) is 0 Å². The smallest absolute Gasteiger partial charge is 0.457 e. The highest BCUT2D eigenvalue weighted by Gasteiger charge is 2.75. The zero-order valence-electron chi connectivity index (χ0n) is 22.8. The molecule has 0 aliphatic carbocycles. The number of benzene rings is 2. The van der Waals surface area contributed by atoms with Gasteiger partial charge in [0.2, 0.25) is 5.91 Å². The maximum Gasteiger partial charge on any atom is 0.519 e. The Bertz CT molecular complexity index is 1780. The van der Waals surface area contributed by atoms with Gasteiger partial charge in [-0.3, -0.25) is 19.3 Å². The summed E-state index contributed by atoms with van der Waals surface area (Å²) in [5, 5.41) is 3.08. The highest BCUT2D eigenvalue weighted by molar-refractivity contribution is 6.38. The second-order valence-corrected chi connectivity index (χ2v) is 12.6. The first-order valence-electron chi connectivity index (χ1n) is 13.1. The van der Waals surface area contributed by atoms with E-state index in [2.05, 4.69) is 5.32 Å². The Morgan fingerprint density at radius 3 is 2.36 bits per heavy atom. The summed E-state index contributed by atoms with van der Waals surface area (Å²) in [5.41, 5.74) is -1.85. The van der Waals surface area contributed by atoms with E-state index in [1.807, 2.05) is 0 Å². The van der Waals surface area contributed by atoms with E-state index in [1.165, 1.54) is 44.3 Å². The molecule has 4 heterocycles. The monoisotopic (exact) mass is 689 g/mol. The lowest BCUT2D eigenvalue weighted by Gasteiger charge is -2.36. The lowest BCUT2D eigenvalue weighted by molar-refractivity contribution is -0.160. The largest absolute Gasteiger partial charge is 0.519 e. The number of halogens is 6. The van der Waals surface area contributed by atoms with Crippen LogP contribution in [0.1, 0.15) is 23.5 Å². The first-order valence-corrected chi connectivity index (χ1v) is 14.6. The molecule has 1 aromatic heterocycles. The zero-order valence-corrected chi connectivity index (χ0v) is 25.8. The van der Waals surface area contributed by atoms with Gasteiger partial charge in [0.25, 0.3) is 11.8 Å². The number of anilines is 2. The number of fused-ring (bicyclic) bond motifs is 4. The van der Waals surface area contributed by atoms with Crippen LogP contribution in [0.25, 0.3) is 0 Å². The van der Waals surface area contributed by atoms with Gasteiger partial charge in [0.1, 0.15) is 11.5 Å². The van der Waals surface area contributed by atoms with Gasteiger partial charge < -0.3 is 23.8 Å². The van der Waals surface area contributed by atoms with Gasteiger partial charge in [-0.15, -0.1) is 0 Å². The van der Waals surface area contributed by atoms with E-state index in [0.29, 0.717) is 0 Å². The number of carbonyl (C=O) groups excluding carboxylic acids is 3. The predicted molar refractivity (Wildman–Crippen MR) is 155 cm³/mol. The molecule has 6 rings (SSSR count). The minimum absolute atomic E-state index is 0.00334. The molecule has 44 heavy (non-hydrogen) atoms. The van der Waals surface area contributed by atoms with Crippen molar-refractivity contribution in [3.05, 3.63) is 78.1 Å². The van der Waals surface area contributed by atoms with E-state index in [-0.39, 0.29) is 48.5 Å². The number of aryl methyl sites for hydroxylation is 1. The second-order valence-electron chi connectivity index (χ2n) is 10.9. The molecule has 3 aliphatic heterocycles. The topological polar surface area (TPSA) is 122 Å². The molecule has 3 aliphatic rings. The van der Waals surface area contributed by atoms with Gasteiger partial charge in [0, 0.05) is 45.8 Å². The first kappa shape index (κ1) is 30.8. The normalized spacial score (nSPS) is 25.2. The highest BCUT2D eigenvalue weighted by Crippen LogP contribution is 2.61. The van der Waals surface area contributed by atoms with E-state index in [4.69, 9.17) is 60.0 Å². The quantitative estimate of drug-likeness (QED) is 0.340. The summed E-state index contributed by atoms with van der Waals surface area (Å²) in [4.78, 5) is 56.4. The third-order valence-electron chi connectivity index (χ3n) is 8.32. The zero-order chi connectivity index (χ0) is 31.9. The molecule has 4 atom stereocenters. The van der Waals surface area contributed by atoms with E-state index in [1.54, 1.807) is 0 Å². The summed E-state index contributed by atoms with van der Waals surface area (Å²) in [5.74, 6) is -10.4. The summed E-state index contributed by atoms with van der Waals surface area (Å²) >= 11 is 25.1. The van der Waals surface area contributed by atoms with Crippen LogP contribution in [0.4, 0.5) is 20.2 Å². The number of esters is 1. The number of carbonyl (C=O) groups is 3. The lowest BCUT2D eigenvalue weighted by atomic mass is 9.73. The molecule has 232 valence electrons. The van der Waals surface area contributed by atoms with Gasteiger partial charge in [-0.1, -0.05) is 46.4 Å². The van der Waals surface area contributed by atoms with Crippen LogP contribution in [0.15, 0.2) is 44.0 Å². The molecule has 1 unspecified atom stereocenters. The Hall–Kier alpha value is -3.16. The average Bonchev–Trinajstić information content (AvgIpc) is 3.60. The molecule has 0 saturated carbocycles. The van der Waals surface area contributed by atoms with Crippen molar-refractivity contribution in [2.75, 3.05) is 23.8 Å². The first-order chi connectivity index (χ1) is 20.6. The fourth-order valence-electron chi connectivity index (χ4n) is 6.58. The molecule has 2 saturated heterocycles. The summed E-state index contributed by atoms with van der Waals surface area (Å²) < 4.78 is 45.7. The molecule has 2 aromatic carbocycles. The van der Waals surface area contributed by atoms with Crippen LogP contribution in [0, 0.1) is 18.8 Å². The van der Waals surface area contributed by atoms with E-state index >= 15 is 8.78 Å². The number of alkyl halides is 2. The lowest BCUT2D eigenvalue weighted by Crippen LogP contribution is -2.54. The van der Waals surface area contributed by atoms with E-state index < -0.39 is 72.5 Å². The van der Waals surface area contributed by atoms with E-state index in [0.717, 1.165) is 9.80 Å². The van der Waals surface area contributed by atoms with Crippen molar-refractivity contribution < 1.29 is 36.7 Å². The second kappa shape index (κ2) is 10.7. The molecule has 1 N–H and O–H groups in total. The van der Waals surface area contributed by atoms with Crippen LogP contribution in [-0.4, -0.2) is 48.2 Å². The summed E-state index contributed by atoms with van der Waals surface area (Å²) in [6.07, 6.45) is -0.842. The van der Waals surface area contributed by atoms with Crippen LogP contribution in [-0.2, 0) is 31.3 Å². The van der Waals surface area contributed by atoms with Crippen LogP contribution < -0.4 is 16.0 Å². The maximum absolute atomic E-state index is 15.2. The van der Waals surface area contributed by atoms with Gasteiger partial charge >= 0.3 is 11.8 Å². The molecular formula is C28H21Cl4F2N3O7.